The Morgan fingerprint density at radius 3 is 2.31 bits per heavy atom. The van der Waals surface area contributed by atoms with Crippen molar-refractivity contribution in [3.63, 3.8) is 0 Å². The quantitative estimate of drug-likeness (QED) is 0.642. The Kier molecular flexibility index (Phi) is 4.88. The van der Waals surface area contributed by atoms with Crippen molar-refractivity contribution in [1.29, 1.82) is 0 Å². The van der Waals surface area contributed by atoms with Gasteiger partial charge in [0, 0.05) is 10.8 Å². The van der Waals surface area contributed by atoms with Gasteiger partial charge in [-0.2, -0.15) is 0 Å². The van der Waals surface area contributed by atoms with Gasteiger partial charge >= 0.3 is 10.8 Å². The van der Waals surface area contributed by atoms with E-state index in [4.69, 9.17) is 11.5 Å². The number of ether oxygens (including phenoxy) is 1. The zero-order valence-electron chi connectivity index (χ0n) is 13.6. The van der Waals surface area contributed by atoms with Gasteiger partial charge < -0.3 is 21.2 Å². The number of thiazole rings is 1. The molecule has 0 spiro atoms. The largest absolute Gasteiger partial charge is 0.465 e. The maximum Gasteiger partial charge on any atom is 0.337 e. The third-order valence-corrected chi connectivity index (χ3v) is 6.59. The van der Waals surface area contributed by atoms with Crippen LogP contribution in [0.3, 0.4) is 0 Å². The number of benzene rings is 1. The fraction of sp³-hybridized carbons (Fsp3) is 0.250. The van der Waals surface area contributed by atoms with Gasteiger partial charge in [0.05, 0.1) is 23.6 Å². The Balaban J connectivity index is 2.14. The van der Waals surface area contributed by atoms with Crippen molar-refractivity contribution in [1.82, 2.24) is 4.98 Å². The average Bonchev–Trinajstić information content (AvgIpc) is 2.99. The Bertz CT molecular complexity index is 934. The highest BCUT2D eigenvalue weighted by molar-refractivity contribution is 8.00. The van der Waals surface area contributed by atoms with Crippen molar-refractivity contribution in [2.24, 2.45) is 17.4 Å². The maximum atomic E-state index is 12.1. The van der Waals surface area contributed by atoms with Gasteiger partial charge in [0.1, 0.15) is 5.25 Å². The third kappa shape index (κ3) is 3.13. The SMILES string of the molecule is COC(=O)c1ccc([C@H]2c3sc(=O)[nH]c3S[C@@H](C(N)=O)[C@@H]2C(N)=O)cc1. The second-order valence-electron chi connectivity index (χ2n) is 5.67. The number of aromatic nitrogens is 1. The van der Waals surface area contributed by atoms with Gasteiger partial charge in [-0.15, -0.1) is 0 Å². The lowest BCUT2D eigenvalue weighted by Crippen LogP contribution is -2.45. The predicted molar refractivity (Wildman–Crippen MR) is 96.1 cm³/mol. The molecule has 26 heavy (non-hydrogen) atoms. The van der Waals surface area contributed by atoms with E-state index in [0.717, 1.165) is 23.1 Å². The van der Waals surface area contributed by atoms with E-state index in [2.05, 4.69) is 9.72 Å². The number of nitrogens with two attached hydrogens (primary N) is 2. The topological polar surface area (TPSA) is 145 Å². The highest BCUT2D eigenvalue weighted by Crippen LogP contribution is 2.48. The molecular weight excluding hydrogens is 378 g/mol. The highest BCUT2D eigenvalue weighted by Gasteiger charge is 2.46. The van der Waals surface area contributed by atoms with Crippen LogP contribution in [0, 0.1) is 5.92 Å². The number of amides is 2. The van der Waals surface area contributed by atoms with Gasteiger partial charge in [-0.05, 0) is 17.7 Å². The van der Waals surface area contributed by atoms with E-state index >= 15 is 0 Å². The lowest BCUT2D eigenvalue weighted by atomic mass is 9.81. The molecule has 10 heteroatoms. The molecule has 8 nitrogen and oxygen atoms in total. The zero-order valence-corrected chi connectivity index (χ0v) is 15.2. The Morgan fingerprint density at radius 1 is 1.12 bits per heavy atom. The first-order valence-electron chi connectivity index (χ1n) is 7.50. The number of primary amides is 2. The van der Waals surface area contributed by atoms with Crippen molar-refractivity contribution in [2.45, 2.75) is 16.2 Å². The van der Waals surface area contributed by atoms with Crippen LogP contribution >= 0.6 is 23.1 Å². The van der Waals surface area contributed by atoms with Gasteiger partial charge in [0.15, 0.2) is 0 Å². The first kappa shape index (κ1) is 18.2. The summed E-state index contributed by atoms with van der Waals surface area (Å²) in [6.45, 7) is 0. The summed E-state index contributed by atoms with van der Waals surface area (Å²) >= 11 is 2.00. The van der Waals surface area contributed by atoms with Crippen molar-refractivity contribution >= 4 is 40.9 Å². The molecule has 2 aromatic rings. The van der Waals surface area contributed by atoms with Crippen LogP contribution in [0.15, 0.2) is 34.1 Å². The molecule has 0 saturated heterocycles. The van der Waals surface area contributed by atoms with E-state index in [-0.39, 0.29) is 4.87 Å². The number of H-pyrrole nitrogens is 1. The molecule has 0 aliphatic carbocycles. The molecule has 0 saturated carbocycles. The van der Waals surface area contributed by atoms with Crippen LogP contribution in [0.25, 0.3) is 0 Å². The number of carbonyl (C=O) groups excluding carboxylic acids is 3. The van der Waals surface area contributed by atoms with Gasteiger partial charge in [0.2, 0.25) is 11.8 Å². The van der Waals surface area contributed by atoms with Crippen LogP contribution in [0.5, 0.6) is 0 Å². The minimum Gasteiger partial charge on any atom is -0.465 e. The molecule has 136 valence electrons. The number of fused-ring (bicyclic) bond motifs is 1. The summed E-state index contributed by atoms with van der Waals surface area (Å²) in [5.74, 6) is -3.40. The van der Waals surface area contributed by atoms with Gasteiger partial charge in [0.25, 0.3) is 0 Å². The molecule has 5 N–H and O–H groups in total. The standard InChI is InChI=1S/C16H15N3O5S2/c1-24-15(22)7-4-2-6(3-5-7)8-9(12(17)20)10(13(18)21)25-14-11(8)26-16(23)19-14/h2-5,8-10H,1H3,(H2,17,20)(H2,18,21)(H,19,23)/t8-,9-,10-/m1/s1. The summed E-state index contributed by atoms with van der Waals surface area (Å²) in [5, 5.41) is -0.404. The second kappa shape index (κ2) is 6.96. The van der Waals surface area contributed by atoms with Crippen LogP contribution in [-0.2, 0) is 14.3 Å². The summed E-state index contributed by atoms with van der Waals surface area (Å²) in [6.07, 6.45) is 0. The summed E-state index contributed by atoms with van der Waals surface area (Å²) in [7, 11) is 1.28. The first-order valence-corrected chi connectivity index (χ1v) is 9.19. The Labute approximate surface area is 155 Å². The number of rotatable bonds is 4. The number of thioether (sulfide) groups is 1. The first-order chi connectivity index (χ1) is 12.3. The average molecular weight is 393 g/mol. The second-order valence-corrected chi connectivity index (χ2v) is 7.83. The number of hydrogen-bond donors (Lipinski definition) is 3. The third-order valence-electron chi connectivity index (χ3n) is 4.15. The lowest BCUT2D eigenvalue weighted by Gasteiger charge is -2.33. The van der Waals surface area contributed by atoms with E-state index in [0.29, 0.717) is 21.0 Å². The van der Waals surface area contributed by atoms with Crippen molar-refractivity contribution in [3.8, 4) is 0 Å². The molecule has 2 heterocycles. The highest BCUT2D eigenvalue weighted by atomic mass is 32.2. The summed E-state index contributed by atoms with van der Waals surface area (Å²) < 4.78 is 4.67. The minimum absolute atomic E-state index is 0.299. The normalized spacial score (nSPS) is 21.7. The van der Waals surface area contributed by atoms with Crippen LogP contribution in [0.1, 0.15) is 26.7 Å². The number of carbonyl (C=O) groups is 3. The number of hydrogen-bond acceptors (Lipinski definition) is 7. The molecule has 0 unspecified atom stereocenters. The van der Waals surface area contributed by atoms with Crippen LogP contribution in [0.2, 0.25) is 0 Å². The smallest absolute Gasteiger partial charge is 0.337 e. The van der Waals surface area contributed by atoms with Gasteiger partial charge in [-0.25, -0.2) is 4.79 Å². The number of esters is 1. The fourth-order valence-corrected chi connectivity index (χ4v) is 5.45. The van der Waals surface area contributed by atoms with Gasteiger partial charge in [-0.3, -0.25) is 14.4 Å². The molecule has 0 bridgehead atoms. The number of aromatic amines is 1. The molecule has 1 aromatic heterocycles. The molecule has 0 fully saturated rings. The fourth-order valence-electron chi connectivity index (χ4n) is 3.01. The monoisotopic (exact) mass is 393 g/mol. The zero-order chi connectivity index (χ0) is 19.0. The molecule has 2 amide bonds. The van der Waals surface area contributed by atoms with Crippen molar-refractivity contribution in [3.05, 3.63) is 49.9 Å². The Hall–Kier alpha value is -2.59. The van der Waals surface area contributed by atoms with E-state index in [1.807, 2.05) is 0 Å². The number of nitrogens with one attached hydrogen (secondary N) is 1. The van der Waals surface area contributed by atoms with Crippen molar-refractivity contribution in [2.75, 3.05) is 7.11 Å². The molecule has 1 aliphatic rings. The van der Waals surface area contributed by atoms with Crippen LogP contribution in [-0.4, -0.2) is 35.1 Å². The van der Waals surface area contributed by atoms with Crippen LogP contribution < -0.4 is 16.3 Å². The molecular formula is C16H15N3O5S2. The van der Waals surface area contributed by atoms with E-state index in [9.17, 15) is 19.2 Å². The molecule has 3 atom stereocenters. The van der Waals surface area contributed by atoms with Crippen LogP contribution in [0.4, 0.5) is 0 Å². The summed E-state index contributed by atoms with van der Waals surface area (Å²) in [5.41, 5.74) is 12.0. The minimum atomic E-state index is -0.916. The maximum absolute atomic E-state index is 12.1. The predicted octanol–water partition coefficient (Wildman–Crippen LogP) is 0.416. The Morgan fingerprint density at radius 2 is 1.77 bits per heavy atom. The summed E-state index contributed by atoms with van der Waals surface area (Å²) in [6, 6.07) is 6.40. The molecule has 1 aromatic carbocycles. The van der Waals surface area contributed by atoms with E-state index in [1.165, 1.54) is 7.11 Å². The number of methoxy groups -OCH3 is 1. The molecule has 0 radical (unpaired) electrons. The molecule has 3 rings (SSSR count). The summed E-state index contributed by atoms with van der Waals surface area (Å²) in [4.78, 5) is 50.4. The van der Waals surface area contributed by atoms with Gasteiger partial charge in [-0.1, -0.05) is 35.2 Å². The van der Waals surface area contributed by atoms with E-state index < -0.39 is 34.9 Å². The van der Waals surface area contributed by atoms with Crippen molar-refractivity contribution < 1.29 is 19.1 Å². The molecule has 1 aliphatic heterocycles. The lowest BCUT2D eigenvalue weighted by molar-refractivity contribution is -0.126. The van der Waals surface area contributed by atoms with E-state index in [1.54, 1.807) is 24.3 Å².